The zero-order valence-corrected chi connectivity index (χ0v) is 22.8. The molecule has 0 fully saturated rings. The smallest absolute Gasteiger partial charge is 0.250 e. The Kier molecular flexibility index (Phi) is 9.23. The number of halogens is 3. The van der Waals surface area contributed by atoms with Crippen molar-refractivity contribution in [2.45, 2.75) is 10.9 Å². The Morgan fingerprint density at radius 2 is 1.94 bits per heavy atom. The Labute approximate surface area is 229 Å². The fraction of sp³-hybridized carbons (Fsp3) is 0.0800. The maximum Gasteiger partial charge on any atom is 0.250 e. The van der Waals surface area contributed by atoms with Gasteiger partial charge in [0.05, 0.1) is 17.7 Å². The number of aromatic nitrogens is 1. The predicted molar refractivity (Wildman–Crippen MR) is 149 cm³/mol. The number of rotatable bonds is 9. The molecule has 4 rings (SSSR count). The summed E-state index contributed by atoms with van der Waals surface area (Å²) in [5, 5.41) is 7.37. The van der Waals surface area contributed by atoms with Gasteiger partial charge in [0.15, 0.2) is 4.34 Å². The molecule has 3 aromatic carbocycles. The van der Waals surface area contributed by atoms with Crippen LogP contribution in [0.15, 0.2) is 86.0 Å². The van der Waals surface area contributed by atoms with E-state index in [0.717, 1.165) is 25.6 Å². The highest BCUT2D eigenvalue weighted by Crippen LogP contribution is 2.29. The average Bonchev–Trinajstić information content (AvgIpc) is 3.33. The Bertz CT molecular complexity index is 1350. The fourth-order valence-corrected chi connectivity index (χ4v) is 5.26. The van der Waals surface area contributed by atoms with Crippen molar-refractivity contribution < 1.29 is 9.53 Å². The lowest BCUT2D eigenvalue weighted by Crippen LogP contribution is -2.19. The zero-order chi connectivity index (χ0) is 24.6. The number of benzene rings is 3. The van der Waals surface area contributed by atoms with Gasteiger partial charge in [-0.15, -0.1) is 11.3 Å². The van der Waals surface area contributed by atoms with Gasteiger partial charge < -0.3 is 4.74 Å². The largest absolute Gasteiger partial charge is 0.488 e. The van der Waals surface area contributed by atoms with Crippen molar-refractivity contribution in [3.05, 3.63) is 97.8 Å². The van der Waals surface area contributed by atoms with Crippen LogP contribution in [0.3, 0.4) is 0 Å². The summed E-state index contributed by atoms with van der Waals surface area (Å²) in [6.07, 6.45) is 1.55. The molecule has 0 aliphatic rings. The molecule has 0 atom stereocenters. The molecule has 1 heterocycles. The van der Waals surface area contributed by atoms with E-state index in [2.05, 4.69) is 31.4 Å². The molecule has 1 N–H and O–H groups in total. The fourth-order valence-electron chi connectivity index (χ4n) is 2.93. The second-order valence-corrected chi connectivity index (χ2v) is 11.0. The summed E-state index contributed by atoms with van der Waals surface area (Å²) in [7, 11) is 0. The highest BCUT2D eigenvalue weighted by atomic mass is 79.9. The number of carbonyl (C=O) groups excluding carboxylic acids is 1. The quantitative estimate of drug-likeness (QED) is 0.120. The summed E-state index contributed by atoms with van der Waals surface area (Å²) in [6.45, 7) is 0.316. The number of ether oxygens (including phenoxy) is 1. The second-order valence-electron chi connectivity index (χ2n) is 7.15. The molecule has 4 aromatic rings. The Morgan fingerprint density at radius 3 is 2.74 bits per heavy atom. The number of thioether (sulfide) groups is 1. The minimum atomic E-state index is -0.233. The third-order valence-electron chi connectivity index (χ3n) is 4.66. The maximum atomic E-state index is 12.3. The number of hydrogen-bond acceptors (Lipinski definition) is 6. The zero-order valence-electron chi connectivity index (χ0n) is 18.1. The minimum Gasteiger partial charge on any atom is -0.488 e. The first kappa shape index (κ1) is 25.7. The molecule has 0 saturated carbocycles. The Hall–Kier alpha value is -2.36. The average molecular weight is 607 g/mol. The van der Waals surface area contributed by atoms with E-state index < -0.39 is 0 Å². The van der Waals surface area contributed by atoms with Crippen molar-refractivity contribution in [1.29, 1.82) is 0 Å². The van der Waals surface area contributed by atoms with Crippen molar-refractivity contribution in [2.24, 2.45) is 5.10 Å². The van der Waals surface area contributed by atoms with Crippen LogP contribution in [0.5, 0.6) is 5.75 Å². The van der Waals surface area contributed by atoms with Crippen LogP contribution in [0.4, 0.5) is 0 Å². The number of hydrogen-bond donors (Lipinski definition) is 1. The molecule has 10 heteroatoms. The highest BCUT2D eigenvalue weighted by Gasteiger charge is 2.09. The number of hydrazone groups is 1. The van der Waals surface area contributed by atoms with Gasteiger partial charge >= 0.3 is 0 Å². The second kappa shape index (κ2) is 12.6. The van der Waals surface area contributed by atoms with E-state index in [4.69, 9.17) is 27.9 Å². The standard InChI is InChI=1S/C25H18BrCl2N3O2S2/c26-19-7-10-23(33-13-17-3-1-2-4-21(17)28)18(11-19)12-29-31-24(32)15-35-25-30-22(14-34-25)16-5-8-20(27)9-6-16/h1-12,14H,13,15H2,(H,31,32)/b29-12+. The van der Waals surface area contributed by atoms with Gasteiger partial charge in [0.2, 0.25) is 0 Å². The molecule has 0 spiro atoms. The molecule has 35 heavy (non-hydrogen) atoms. The number of nitrogens with zero attached hydrogens (tertiary/aromatic N) is 2. The molecule has 178 valence electrons. The molecule has 0 bridgehead atoms. The summed E-state index contributed by atoms with van der Waals surface area (Å²) < 4.78 is 7.61. The van der Waals surface area contributed by atoms with Crippen LogP contribution in [-0.2, 0) is 11.4 Å². The van der Waals surface area contributed by atoms with Gasteiger partial charge in [-0.25, -0.2) is 10.4 Å². The molecule has 1 aromatic heterocycles. The molecule has 0 saturated heterocycles. The van der Waals surface area contributed by atoms with Gasteiger partial charge in [0.1, 0.15) is 12.4 Å². The van der Waals surface area contributed by atoms with Gasteiger partial charge in [-0.1, -0.05) is 81.2 Å². The lowest BCUT2D eigenvalue weighted by Gasteiger charge is -2.10. The lowest BCUT2D eigenvalue weighted by atomic mass is 10.2. The Balaban J connectivity index is 1.31. The SMILES string of the molecule is O=C(CSc1nc(-c2ccc(Cl)cc2)cs1)N/N=C/c1cc(Br)ccc1OCc1ccccc1Cl. The molecule has 0 aliphatic carbocycles. The van der Waals surface area contributed by atoms with Gasteiger partial charge in [0, 0.05) is 36.6 Å². The molecule has 0 radical (unpaired) electrons. The molecular weight excluding hydrogens is 589 g/mol. The van der Waals surface area contributed by atoms with Crippen LogP contribution in [0.2, 0.25) is 10.0 Å². The van der Waals surface area contributed by atoms with Crippen molar-refractivity contribution in [1.82, 2.24) is 10.4 Å². The van der Waals surface area contributed by atoms with Crippen LogP contribution in [-0.4, -0.2) is 22.9 Å². The van der Waals surface area contributed by atoms with Crippen molar-refractivity contribution in [3.8, 4) is 17.0 Å². The highest BCUT2D eigenvalue weighted by molar-refractivity contribution is 9.10. The van der Waals surface area contributed by atoms with Crippen LogP contribution in [0, 0.1) is 0 Å². The van der Waals surface area contributed by atoms with E-state index in [9.17, 15) is 4.79 Å². The maximum absolute atomic E-state index is 12.3. The first-order chi connectivity index (χ1) is 17.0. The van der Waals surface area contributed by atoms with Gasteiger partial charge in [-0.2, -0.15) is 5.10 Å². The first-order valence-corrected chi connectivity index (χ1v) is 13.7. The van der Waals surface area contributed by atoms with Gasteiger partial charge in [-0.05, 0) is 36.4 Å². The Morgan fingerprint density at radius 1 is 1.14 bits per heavy atom. The van der Waals surface area contributed by atoms with Crippen LogP contribution in [0.1, 0.15) is 11.1 Å². The van der Waals surface area contributed by atoms with Crippen LogP contribution in [0.25, 0.3) is 11.3 Å². The third-order valence-corrected chi connectivity index (χ3v) is 7.79. The van der Waals surface area contributed by atoms with E-state index in [-0.39, 0.29) is 11.7 Å². The third kappa shape index (κ3) is 7.56. The number of thiazole rings is 1. The summed E-state index contributed by atoms with van der Waals surface area (Å²) in [5.41, 5.74) is 5.98. The van der Waals surface area contributed by atoms with Crippen molar-refractivity contribution in [2.75, 3.05) is 5.75 Å². The van der Waals surface area contributed by atoms with Crippen molar-refractivity contribution in [3.63, 3.8) is 0 Å². The molecule has 0 unspecified atom stereocenters. The topological polar surface area (TPSA) is 63.6 Å². The molecular formula is C25H18BrCl2N3O2S2. The van der Waals surface area contributed by atoms with E-state index in [1.54, 1.807) is 6.21 Å². The van der Waals surface area contributed by atoms with E-state index in [1.807, 2.05) is 72.1 Å². The number of nitrogens with one attached hydrogen (secondary N) is 1. The molecule has 1 amide bonds. The van der Waals surface area contributed by atoms with E-state index >= 15 is 0 Å². The van der Waals surface area contributed by atoms with Crippen LogP contribution >= 0.6 is 62.2 Å². The van der Waals surface area contributed by atoms with Crippen LogP contribution < -0.4 is 10.2 Å². The summed E-state index contributed by atoms with van der Waals surface area (Å²) in [5.74, 6) is 0.584. The molecule has 0 aliphatic heterocycles. The number of carbonyl (C=O) groups is 1. The van der Waals surface area contributed by atoms with Gasteiger partial charge in [0.25, 0.3) is 5.91 Å². The summed E-state index contributed by atoms with van der Waals surface area (Å²) in [4.78, 5) is 16.9. The first-order valence-electron chi connectivity index (χ1n) is 10.3. The predicted octanol–water partition coefficient (Wildman–Crippen LogP) is 7.70. The van der Waals surface area contributed by atoms with E-state index in [1.165, 1.54) is 23.1 Å². The normalized spacial score (nSPS) is 11.1. The minimum absolute atomic E-state index is 0.194. The summed E-state index contributed by atoms with van der Waals surface area (Å²) in [6, 6.07) is 20.6. The van der Waals surface area contributed by atoms with Gasteiger partial charge in [-0.3, -0.25) is 4.79 Å². The van der Waals surface area contributed by atoms with Crippen molar-refractivity contribution >= 4 is 74.4 Å². The molecule has 5 nitrogen and oxygen atoms in total. The summed E-state index contributed by atoms with van der Waals surface area (Å²) >= 11 is 18.5. The lowest BCUT2D eigenvalue weighted by molar-refractivity contribution is -0.118. The monoisotopic (exact) mass is 605 g/mol. The van der Waals surface area contributed by atoms with E-state index in [0.29, 0.717) is 28.0 Å². The number of amides is 1.